The van der Waals surface area contributed by atoms with Gasteiger partial charge >= 0.3 is 0 Å². The summed E-state index contributed by atoms with van der Waals surface area (Å²) in [5.41, 5.74) is 2.40. The molecule has 1 aromatic heterocycles. The minimum absolute atomic E-state index is 0.157. The van der Waals surface area contributed by atoms with Crippen molar-refractivity contribution in [3.8, 4) is 5.75 Å². The number of benzene rings is 2. The quantitative estimate of drug-likeness (QED) is 0.516. The van der Waals surface area contributed by atoms with Gasteiger partial charge in [-0.05, 0) is 43.7 Å². The highest BCUT2D eigenvalue weighted by Gasteiger charge is 2.26. The molecule has 2 aromatic carbocycles. The van der Waals surface area contributed by atoms with Gasteiger partial charge in [-0.15, -0.1) is 0 Å². The Balaban J connectivity index is 1.63. The Labute approximate surface area is 212 Å². The molecule has 0 radical (unpaired) electrons. The minimum Gasteiger partial charge on any atom is -0.479 e. The van der Waals surface area contributed by atoms with Crippen molar-refractivity contribution in [2.75, 3.05) is 42.4 Å². The molecule has 1 saturated heterocycles. The van der Waals surface area contributed by atoms with Crippen LogP contribution in [0.25, 0.3) is 10.9 Å². The summed E-state index contributed by atoms with van der Waals surface area (Å²) in [4.78, 5) is 23.2. The Hall–Kier alpha value is -3.12. The average Bonchev–Trinajstić information content (AvgIpc) is 2.79. The number of aromatic nitrogens is 2. The van der Waals surface area contributed by atoms with Gasteiger partial charge in [0.2, 0.25) is 0 Å². The summed E-state index contributed by atoms with van der Waals surface area (Å²) in [6.45, 7) is 4.28. The van der Waals surface area contributed by atoms with Crippen molar-refractivity contribution in [3.63, 3.8) is 0 Å². The molecule has 1 amide bonds. The van der Waals surface area contributed by atoms with E-state index in [0.29, 0.717) is 47.3 Å². The maximum Gasteiger partial charge on any atom is 0.263 e. The molecule has 1 fully saturated rings. The highest BCUT2D eigenvalue weighted by molar-refractivity contribution is 7.92. The molecule has 0 bridgehead atoms. The molecular weight excluding hydrogens is 505 g/mol. The normalized spacial score (nSPS) is 15.5. The van der Waals surface area contributed by atoms with E-state index in [9.17, 15) is 17.6 Å². The summed E-state index contributed by atoms with van der Waals surface area (Å²) in [7, 11) is -3.25. The third-order valence-electron chi connectivity index (χ3n) is 5.58. The molecule has 0 unspecified atom stereocenters. The van der Waals surface area contributed by atoms with Crippen LogP contribution in [0, 0.1) is 12.7 Å². The van der Waals surface area contributed by atoms with Crippen molar-refractivity contribution in [1.29, 1.82) is 0 Å². The lowest BCUT2D eigenvalue weighted by Gasteiger charge is -2.29. The lowest BCUT2D eigenvalue weighted by molar-refractivity contribution is -0.137. The Kier molecular flexibility index (Phi) is 7.55. The molecule has 3 aromatic rings. The van der Waals surface area contributed by atoms with E-state index in [1.54, 1.807) is 36.5 Å². The van der Waals surface area contributed by atoms with Gasteiger partial charge in [0.15, 0.2) is 6.10 Å². The maximum atomic E-state index is 14.1. The lowest BCUT2D eigenvalue weighted by Crippen LogP contribution is -2.47. The number of amides is 1. The van der Waals surface area contributed by atoms with E-state index in [0.717, 1.165) is 10.9 Å². The van der Waals surface area contributed by atoms with Crippen molar-refractivity contribution in [2.24, 2.45) is 4.36 Å². The van der Waals surface area contributed by atoms with Crippen molar-refractivity contribution >= 4 is 54.5 Å². The molecular formula is C24H28FN5O4S2. The zero-order valence-corrected chi connectivity index (χ0v) is 22.1. The first-order chi connectivity index (χ1) is 17.0. The Morgan fingerprint density at radius 1 is 1.22 bits per heavy atom. The van der Waals surface area contributed by atoms with Crippen LogP contribution in [0.1, 0.15) is 12.5 Å². The first-order valence-electron chi connectivity index (χ1n) is 11.3. The molecule has 1 aliphatic heterocycles. The zero-order chi connectivity index (χ0) is 26.0. The third-order valence-corrected chi connectivity index (χ3v) is 7.51. The molecule has 36 heavy (non-hydrogen) atoms. The van der Waals surface area contributed by atoms with Gasteiger partial charge in [-0.25, -0.2) is 18.6 Å². The third kappa shape index (κ3) is 6.16. The van der Waals surface area contributed by atoms with Gasteiger partial charge in [0.05, 0.1) is 16.9 Å². The number of halogens is 1. The number of ether oxygens (including phenoxy) is 1. The number of rotatable bonds is 6. The Bertz CT molecular complexity index is 1450. The molecule has 0 saturated carbocycles. The summed E-state index contributed by atoms with van der Waals surface area (Å²) in [5, 5.41) is 3.90. The van der Waals surface area contributed by atoms with Crippen molar-refractivity contribution in [2.45, 2.75) is 20.0 Å². The predicted molar refractivity (Wildman–Crippen MR) is 141 cm³/mol. The van der Waals surface area contributed by atoms with E-state index >= 15 is 0 Å². The summed E-state index contributed by atoms with van der Waals surface area (Å²) in [6, 6.07) is 7.55. The number of nitrogens with zero attached hydrogens (tertiary/aromatic N) is 4. The van der Waals surface area contributed by atoms with Gasteiger partial charge in [0.25, 0.3) is 5.91 Å². The van der Waals surface area contributed by atoms with Crippen LogP contribution >= 0.6 is 0 Å². The first-order valence-corrected chi connectivity index (χ1v) is 15.1. The largest absolute Gasteiger partial charge is 0.479 e. The van der Waals surface area contributed by atoms with Gasteiger partial charge in [0.1, 0.15) is 23.7 Å². The van der Waals surface area contributed by atoms with Crippen LogP contribution in [0.3, 0.4) is 0 Å². The van der Waals surface area contributed by atoms with Crippen LogP contribution in [-0.4, -0.2) is 72.4 Å². The summed E-state index contributed by atoms with van der Waals surface area (Å²) < 4.78 is 48.0. The standard InChI is InChI=1S/C24H28FN5O4S2/c1-15-11-18(29-36(3,4)33)13-20-22(15)23(27-14-26-20)28-19-6-5-17(25)12-21(19)34-16(2)24(31)30-7-9-35(32)10-8-30/h5-6,11-14,16H,7-10H2,1-4H3,(H,26,27,28)/t16-/m1/s1. The molecule has 1 aliphatic rings. The molecule has 12 heteroatoms. The number of fused-ring (bicyclic) bond motifs is 1. The fraction of sp³-hybridized carbons (Fsp3) is 0.375. The minimum atomic E-state index is -2.34. The number of hydrogen-bond donors (Lipinski definition) is 1. The van der Waals surface area contributed by atoms with Crippen LogP contribution in [0.15, 0.2) is 41.0 Å². The monoisotopic (exact) mass is 533 g/mol. The number of anilines is 2. The molecule has 0 aliphatic carbocycles. The lowest BCUT2D eigenvalue weighted by atomic mass is 10.1. The van der Waals surface area contributed by atoms with Crippen molar-refractivity contribution in [1.82, 2.24) is 14.9 Å². The van der Waals surface area contributed by atoms with E-state index in [1.165, 1.54) is 24.5 Å². The molecule has 0 spiro atoms. The highest BCUT2D eigenvalue weighted by Crippen LogP contribution is 2.34. The van der Waals surface area contributed by atoms with E-state index in [-0.39, 0.29) is 11.7 Å². The number of hydrogen-bond acceptors (Lipinski definition) is 8. The van der Waals surface area contributed by atoms with Crippen molar-refractivity contribution in [3.05, 3.63) is 48.0 Å². The fourth-order valence-electron chi connectivity index (χ4n) is 3.96. The number of carbonyl (C=O) groups excluding carboxylic acids is 1. The number of carbonyl (C=O) groups is 1. The van der Waals surface area contributed by atoms with Crippen LogP contribution in [-0.2, 0) is 25.3 Å². The topological polar surface area (TPSA) is 114 Å². The average molecular weight is 534 g/mol. The van der Waals surface area contributed by atoms with Crippen LogP contribution in [0.5, 0.6) is 5.75 Å². The first kappa shape index (κ1) is 26.0. The van der Waals surface area contributed by atoms with E-state index in [4.69, 9.17) is 4.74 Å². The second-order valence-electron chi connectivity index (χ2n) is 8.85. The summed E-state index contributed by atoms with van der Waals surface area (Å²) >= 11 is 0. The maximum absolute atomic E-state index is 14.1. The summed E-state index contributed by atoms with van der Waals surface area (Å²) in [5.74, 6) is 0.740. The van der Waals surface area contributed by atoms with Gasteiger partial charge < -0.3 is 15.0 Å². The zero-order valence-electron chi connectivity index (χ0n) is 20.5. The van der Waals surface area contributed by atoms with E-state index < -0.39 is 32.4 Å². The molecule has 1 N–H and O–H groups in total. The Morgan fingerprint density at radius 3 is 2.64 bits per heavy atom. The number of nitrogens with one attached hydrogen (secondary N) is 1. The van der Waals surface area contributed by atoms with Crippen LogP contribution < -0.4 is 10.1 Å². The molecule has 9 nitrogen and oxygen atoms in total. The predicted octanol–water partition coefficient (Wildman–Crippen LogP) is 3.54. The van der Waals surface area contributed by atoms with Crippen LogP contribution in [0.2, 0.25) is 0 Å². The molecule has 1 atom stereocenters. The number of aryl methyl sites for hydroxylation is 1. The van der Waals surface area contributed by atoms with Gasteiger partial charge in [0, 0.05) is 69.1 Å². The fourth-order valence-corrected chi connectivity index (χ4v) is 5.62. The second kappa shape index (κ2) is 10.5. The van der Waals surface area contributed by atoms with E-state index in [2.05, 4.69) is 19.6 Å². The molecule has 2 heterocycles. The van der Waals surface area contributed by atoms with Gasteiger partial charge in [-0.2, -0.15) is 4.36 Å². The smallest absolute Gasteiger partial charge is 0.263 e. The Morgan fingerprint density at radius 2 is 1.94 bits per heavy atom. The van der Waals surface area contributed by atoms with Crippen molar-refractivity contribution < 1.29 is 22.3 Å². The highest BCUT2D eigenvalue weighted by atomic mass is 32.2. The van der Waals surface area contributed by atoms with Gasteiger partial charge in [-0.1, -0.05) is 0 Å². The molecule has 192 valence electrons. The van der Waals surface area contributed by atoms with Gasteiger partial charge in [-0.3, -0.25) is 9.00 Å². The summed E-state index contributed by atoms with van der Waals surface area (Å²) in [6.07, 6.45) is 3.64. The molecule has 4 rings (SSSR count). The second-order valence-corrected chi connectivity index (χ2v) is 13.1. The van der Waals surface area contributed by atoms with Crippen LogP contribution in [0.4, 0.5) is 21.6 Å². The van der Waals surface area contributed by atoms with E-state index in [1.807, 2.05) is 6.92 Å². The SMILES string of the molecule is Cc1cc(N=S(C)(C)=O)cc2ncnc(Nc3ccc(F)cc3O[C@H](C)C(=O)N3CCS(=O)CC3)c12.